The normalized spacial score (nSPS) is 14.0. The number of hydrogen-bond donors (Lipinski definition) is 3. The van der Waals surface area contributed by atoms with Crippen LogP contribution in [-0.2, 0) is 7.05 Å². The van der Waals surface area contributed by atoms with Gasteiger partial charge in [0.15, 0.2) is 0 Å². The maximum absolute atomic E-state index is 14.9. The Hall–Kier alpha value is -4.15. The van der Waals surface area contributed by atoms with Crippen molar-refractivity contribution in [2.45, 2.75) is 0 Å². The lowest BCUT2D eigenvalue weighted by molar-refractivity contribution is 0.477. The fourth-order valence-electron chi connectivity index (χ4n) is 4.79. The van der Waals surface area contributed by atoms with E-state index in [4.69, 9.17) is 11.6 Å². The zero-order chi connectivity index (χ0) is 25.7. The Morgan fingerprint density at radius 1 is 0.973 bits per heavy atom. The maximum atomic E-state index is 14.9. The standard InChI is InChI=1S/C26H23ClFN7O2/c1-33-8-9-35(26(33)37)22-3-2-15(10-20(22)27)18-13-17(28)14-19(25(18)36)16-11-21-24(31-32-30-21)23(12-16)34-6-4-29-5-7-34/h2-3,8-14,29,36H,4-7H2,1H3,(H,30,31,32). The Labute approximate surface area is 215 Å². The molecule has 0 unspecified atom stereocenters. The lowest BCUT2D eigenvalue weighted by Crippen LogP contribution is -2.43. The average Bonchev–Trinajstić information content (AvgIpc) is 3.51. The Balaban J connectivity index is 1.46. The number of halogens is 2. The van der Waals surface area contributed by atoms with E-state index in [0.717, 1.165) is 37.4 Å². The van der Waals surface area contributed by atoms with Gasteiger partial charge in [-0.2, -0.15) is 15.4 Å². The van der Waals surface area contributed by atoms with Crippen LogP contribution in [-0.4, -0.2) is 55.8 Å². The summed E-state index contributed by atoms with van der Waals surface area (Å²) in [6.45, 7) is 3.26. The lowest BCUT2D eigenvalue weighted by atomic mass is 9.96. The van der Waals surface area contributed by atoms with E-state index in [9.17, 15) is 14.3 Å². The van der Waals surface area contributed by atoms with Crippen molar-refractivity contribution in [1.82, 2.24) is 29.9 Å². The molecule has 0 amide bonds. The van der Waals surface area contributed by atoms with Crippen molar-refractivity contribution < 1.29 is 9.50 Å². The first-order valence-electron chi connectivity index (χ1n) is 11.8. The number of phenols is 1. The van der Waals surface area contributed by atoms with Crippen molar-refractivity contribution >= 4 is 28.3 Å². The van der Waals surface area contributed by atoms with Crippen LogP contribution in [0, 0.1) is 5.82 Å². The SMILES string of the molecule is Cn1ccn(-c2ccc(-c3cc(F)cc(-c4cc(N5CCNCC5)c5n[nH]nc5c4)c3O)cc2Cl)c1=O. The predicted molar refractivity (Wildman–Crippen MR) is 141 cm³/mol. The number of phenolic OH excluding ortho intramolecular Hbond substituents is 1. The molecular formula is C26H23ClFN7O2. The summed E-state index contributed by atoms with van der Waals surface area (Å²) in [5, 5.41) is 26.2. The van der Waals surface area contributed by atoms with Crippen LogP contribution < -0.4 is 15.9 Å². The number of aromatic amines is 1. The van der Waals surface area contributed by atoms with Gasteiger partial charge in [-0.1, -0.05) is 17.7 Å². The van der Waals surface area contributed by atoms with Gasteiger partial charge in [0.1, 0.15) is 22.6 Å². The summed E-state index contributed by atoms with van der Waals surface area (Å²) in [5.41, 5.74) is 4.21. The molecule has 1 fully saturated rings. The molecule has 1 aliphatic rings. The van der Waals surface area contributed by atoms with Gasteiger partial charge in [0, 0.05) is 56.7 Å². The minimum Gasteiger partial charge on any atom is -0.507 e. The van der Waals surface area contributed by atoms with Crippen LogP contribution in [0.5, 0.6) is 5.75 Å². The van der Waals surface area contributed by atoms with Gasteiger partial charge in [-0.05, 0) is 47.5 Å². The number of piperazine rings is 1. The Morgan fingerprint density at radius 2 is 1.73 bits per heavy atom. The smallest absolute Gasteiger partial charge is 0.332 e. The highest BCUT2D eigenvalue weighted by Gasteiger charge is 2.21. The zero-order valence-electron chi connectivity index (χ0n) is 19.9. The van der Waals surface area contributed by atoms with Crippen molar-refractivity contribution in [3.8, 4) is 33.7 Å². The molecule has 0 spiro atoms. The number of nitrogens with one attached hydrogen (secondary N) is 2. The van der Waals surface area contributed by atoms with E-state index in [2.05, 4.69) is 25.6 Å². The molecule has 0 bridgehead atoms. The molecule has 2 aromatic heterocycles. The molecule has 188 valence electrons. The number of benzene rings is 3. The van der Waals surface area contributed by atoms with Crippen LogP contribution in [0.4, 0.5) is 10.1 Å². The summed E-state index contributed by atoms with van der Waals surface area (Å²) in [7, 11) is 1.65. The summed E-state index contributed by atoms with van der Waals surface area (Å²) in [6.07, 6.45) is 3.26. The van der Waals surface area contributed by atoms with E-state index < -0.39 is 5.82 Å². The molecule has 3 aromatic carbocycles. The molecule has 6 rings (SSSR count). The molecule has 0 saturated carbocycles. The van der Waals surface area contributed by atoms with Gasteiger partial charge in [-0.3, -0.25) is 4.57 Å². The highest BCUT2D eigenvalue weighted by Crippen LogP contribution is 2.42. The van der Waals surface area contributed by atoms with Gasteiger partial charge < -0.3 is 19.9 Å². The van der Waals surface area contributed by atoms with Crippen LogP contribution in [0.15, 0.2) is 59.7 Å². The second kappa shape index (κ2) is 9.06. The molecule has 9 nitrogen and oxygen atoms in total. The third-order valence-corrected chi connectivity index (χ3v) is 7.01. The van der Waals surface area contributed by atoms with E-state index in [1.165, 1.54) is 21.3 Å². The predicted octanol–water partition coefficient (Wildman–Crippen LogP) is 3.69. The minimum atomic E-state index is -0.508. The van der Waals surface area contributed by atoms with Crippen molar-refractivity contribution in [3.05, 3.63) is 76.2 Å². The van der Waals surface area contributed by atoms with Gasteiger partial charge in [0.05, 0.1) is 16.4 Å². The van der Waals surface area contributed by atoms with E-state index in [1.807, 2.05) is 6.07 Å². The van der Waals surface area contributed by atoms with Gasteiger partial charge in [-0.25, -0.2) is 9.18 Å². The molecule has 11 heteroatoms. The summed E-state index contributed by atoms with van der Waals surface area (Å²) < 4.78 is 17.8. The van der Waals surface area contributed by atoms with Crippen LogP contribution in [0.25, 0.3) is 39.0 Å². The van der Waals surface area contributed by atoms with Crippen molar-refractivity contribution in [2.24, 2.45) is 7.05 Å². The number of H-pyrrole nitrogens is 1. The summed E-state index contributed by atoms with van der Waals surface area (Å²) in [6, 6.07) is 11.2. The number of rotatable bonds is 4. The Morgan fingerprint density at radius 3 is 2.43 bits per heavy atom. The molecule has 3 N–H and O–H groups in total. The lowest BCUT2D eigenvalue weighted by Gasteiger charge is -2.29. The number of fused-ring (bicyclic) bond motifs is 1. The third-order valence-electron chi connectivity index (χ3n) is 6.71. The monoisotopic (exact) mass is 519 g/mol. The quantitative estimate of drug-likeness (QED) is 0.334. The first-order valence-corrected chi connectivity index (χ1v) is 12.2. The van der Waals surface area contributed by atoms with E-state index in [0.29, 0.717) is 32.9 Å². The summed E-state index contributed by atoms with van der Waals surface area (Å²) in [5.74, 6) is -0.595. The van der Waals surface area contributed by atoms with Gasteiger partial charge in [-0.15, -0.1) is 0 Å². The number of imidazole rings is 1. The van der Waals surface area contributed by atoms with E-state index in [1.54, 1.807) is 43.7 Å². The van der Waals surface area contributed by atoms with Crippen molar-refractivity contribution in [1.29, 1.82) is 0 Å². The van der Waals surface area contributed by atoms with E-state index in [-0.39, 0.29) is 17.0 Å². The number of aromatic nitrogens is 5. The number of anilines is 1. The summed E-state index contributed by atoms with van der Waals surface area (Å²) >= 11 is 6.53. The molecule has 0 atom stereocenters. The Kier molecular flexibility index (Phi) is 5.69. The number of nitrogens with zero attached hydrogens (tertiary/aromatic N) is 5. The third kappa shape index (κ3) is 4.04. The topological polar surface area (TPSA) is 104 Å². The number of aromatic hydroxyl groups is 1. The molecule has 5 aromatic rings. The second-order valence-electron chi connectivity index (χ2n) is 9.00. The molecule has 3 heterocycles. The second-order valence-corrected chi connectivity index (χ2v) is 9.41. The highest BCUT2D eigenvalue weighted by atomic mass is 35.5. The van der Waals surface area contributed by atoms with Crippen molar-refractivity contribution in [3.63, 3.8) is 0 Å². The first kappa shape index (κ1) is 23.3. The maximum Gasteiger partial charge on any atom is 0.332 e. The molecular weight excluding hydrogens is 497 g/mol. The largest absolute Gasteiger partial charge is 0.507 e. The van der Waals surface area contributed by atoms with Gasteiger partial charge >= 0.3 is 5.69 Å². The summed E-state index contributed by atoms with van der Waals surface area (Å²) in [4.78, 5) is 14.6. The van der Waals surface area contributed by atoms with Gasteiger partial charge in [0.25, 0.3) is 0 Å². The molecule has 0 radical (unpaired) electrons. The first-order chi connectivity index (χ1) is 17.9. The number of aryl methyl sites for hydroxylation is 1. The van der Waals surface area contributed by atoms with E-state index >= 15 is 0 Å². The van der Waals surface area contributed by atoms with Crippen LogP contribution in [0.2, 0.25) is 5.02 Å². The minimum absolute atomic E-state index is 0.0869. The van der Waals surface area contributed by atoms with Crippen LogP contribution in [0.3, 0.4) is 0 Å². The number of hydrogen-bond acceptors (Lipinski definition) is 6. The molecule has 0 aliphatic carbocycles. The zero-order valence-corrected chi connectivity index (χ0v) is 20.6. The molecule has 1 saturated heterocycles. The Bertz CT molecular complexity index is 1700. The highest BCUT2D eigenvalue weighted by molar-refractivity contribution is 6.32. The van der Waals surface area contributed by atoms with Crippen LogP contribution >= 0.6 is 11.6 Å². The van der Waals surface area contributed by atoms with Gasteiger partial charge in [0.2, 0.25) is 0 Å². The van der Waals surface area contributed by atoms with Crippen LogP contribution in [0.1, 0.15) is 0 Å². The van der Waals surface area contributed by atoms with Crippen molar-refractivity contribution in [2.75, 3.05) is 31.1 Å². The fourth-order valence-corrected chi connectivity index (χ4v) is 5.06. The molecule has 37 heavy (non-hydrogen) atoms. The molecule has 1 aliphatic heterocycles. The fraction of sp³-hybridized carbons (Fsp3) is 0.192. The average molecular weight is 520 g/mol.